The van der Waals surface area contributed by atoms with Crippen LogP contribution in [0.3, 0.4) is 0 Å². The summed E-state index contributed by atoms with van der Waals surface area (Å²) in [4.78, 5) is 26.3. The molecule has 1 aromatic carbocycles. The molecule has 0 unspecified atom stereocenters. The van der Waals surface area contributed by atoms with Gasteiger partial charge in [-0.1, -0.05) is 38.3 Å². The first-order chi connectivity index (χ1) is 15.0. The van der Waals surface area contributed by atoms with E-state index in [-0.39, 0.29) is 0 Å². The van der Waals surface area contributed by atoms with E-state index in [1.54, 1.807) is 7.11 Å². The third-order valence-corrected chi connectivity index (χ3v) is 6.02. The summed E-state index contributed by atoms with van der Waals surface area (Å²) in [5.74, 6) is 2.96. The monoisotopic (exact) mass is 424 g/mol. The number of benzene rings is 1. The van der Waals surface area contributed by atoms with Gasteiger partial charge in [0.15, 0.2) is 0 Å². The normalized spacial score (nSPS) is 14.1. The maximum absolute atomic E-state index is 12.5. The summed E-state index contributed by atoms with van der Waals surface area (Å²) in [6, 6.07) is 8.17. The van der Waals surface area contributed by atoms with Gasteiger partial charge in [0.05, 0.1) is 7.11 Å². The molecule has 0 spiro atoms. The highest BCUT2D eigenvalue weighted by Gasteiger charge is 2.24. The number of hydrogen-bond acceptors (Lipinski definition) is 5. The average molecular weight is 425 g/mol. The van der Waals surface area contributed by atoms with Crippen LogP contribution in [0, 0.1) is 13.8 Å². The summed E-state index contributed by atoms with van der Waals surface area (Å²) >= 11 is 0. The third-order valence-electron chi connectivity index (χ3n) is 6.02. The zero-order chi connectivity index (χ0) is 22.2. The summed E-state index contributed by atoms with van der Waals surface area (Å²) in [5.41, 5.74) is 3.39. The zero-order valence-electron chi connectivity index (χ0n) is 19.5. The molecule has 2 aromatic rings. The quantitative estimate of drug-likeness (QED) is 0.562. The van der Waals surface area contributed by atoms with E-state index >= 15 is 0 Å². The molecule has 1 amide bonds. The molecule has 1 aliphatic rings. The predicted octanol–water partition coefficient (Wildman–Crippen LogP) is 4.31. The molecule has 0 N–H and O–H groups in total. The molecule has 168 valence electrons. The van der Waals surface area contributed by atoms with Crippen LogP contribution in [0.5, 0.6) is 5.75 Å². The van der Waals surface area contributed by atoms with Crippen molar-refractivity contribution in [3.8, 4) is 5.75 Å². The fourth-order valence-electron chi connectivity index (χ4n) is 4.16. The van der Waals surface area contributed by atoms with Crippen LogP contribution in [0.1, 0.15) is 61.7 Å². The van der Waals surface area contributed by atoms with Crippen LogP contribution < -0.4 is 9.64 Å². The predicted molar refractivity (Wildman–Crippen MR) is 125 cm³/mol. The molecule has 3 rings (SSSR count). The van der Waals surface area contributed by atoms with E-state index < -0.39 is 0 Å². The van der Waals surface area contributed by atoms with Crippen molar-refractivity contribution in [1.82, 2.24) is 14.9 Å². The molecule has 1 aliphatic heterocycles. The SMILES string of the molecule is CCCCCCC(=O)N1CCN(c2nc(C)nc(C)c2Cc2ccc(OC)cc2)CC1. The number of rotatable bonds is 9. The second kappa shape index (κ2) is 11.1. The minimum atomic E-state index is 0.296. The fourth-order valence-corrected chi connectivity index (χ4v) is 4.16. The van der Waals surface area contributed by atoms with Crippen molar-refractivity contribution in [1.29, 1.82) is 0 Å². The molecule has 0 radical (unpaired) electrons. The summed E-state index contributed by atoms with van der Waals surface area (Å²) in [6.45, 7) is 9.35. The molecule has 0 atom stereocenters. The Morgan fingerprint density at radius 2 is 1.71 bits per heavy atom. The lowest BCUT2D eigenvalue weighted by molar-refractivity contribution is -0.131. The molecule has 1 saturated heterocycles. The number of nitrogens with zero attached hydrogens (tertiary/aromatic N) is 4. The summed E-state index contributed by atoms with van der Waals surface area (Å²) in [5, 5.41) is 0. The summed E-state index contributed by atoms with van der Waals surface area (Å²) in [6.07, 6.45) is 6.02. The number of carbonyl (C=O) groups is 1. The van der Waals surface area contributed by atoms with Crippen LogP contribution in [0.15, 0.2) is 24.3 Å². The minimum Gasteiger partial charge on any atom is -0.497 e. The van der Waals surface area contributed by atoms with E-state index in [0.29, 0.717) is 12.3 Å². The van der Waals surface area contributed by atoms with Gasteiger partial charge in [0.1, 0.15) is 17.4 Å². The van der Waals surface area contributed by atoms with E-state index in [9.17, 15) is 4.79 Å². The number of aromatic nitrogens is 2. The van der Waals surface area contributed by atoms with Crippen molar-refractivity contribution in [2.45, 2.75) is 59.3 Å². The van der Waals surface area contributed by atoms with Crippen LogP contribution in [-0.2, 0) is 11.2 Å². The van der Waals surface area contributed by atoms with Crippen molar-refractivity contribution in [3.63, 3.8) is 0 Å². The molecule has 1 aromatic heterocycles. The molecule has 6 heteroatoms. The van der Waals surface area contributed by atoms with Crippen molar-refractivity contribution in [3.05, 3.63) is 46.9 Å². The lowest BCUT2D eigenvalue weighted by Gasteiger charge is -2.36. The number of carbonyl (C=O) groups excluding carboxylic acids is 1. The van der Waals surface area contributed by atoms with E-state index in [2.05, 4.69) is 35.9 Å². The first-order valence-corrected chi connectivity index (χ1v) is 11.5. The Kier molecular flexibility index (Phi) is 8.27. The summed E-state index contributed by atoms with van der Waals surface area (Å²) in [7, 11) is 1.68. The van der Waals surface area contributed by atoms with E-state index in [0.717, 1.165) is 74.1 Å². The van der Waals surface area contributed by atoms with Gasteiger partial charge < -0.3 is 14.5 Å². The highest BCUT2D eigenvalue weighted by molar-refractivity contribution is 5.76. The van der Waals surface area contributed by atoms with Gasteiger partial charge in [0.25, 0.3) is 0 Å². The number of ether oxygens (including phenoxy) is 1. The van der Waals surface area contributed by atoms with Gasteiger partial charge in [-0.05, 0) is 38.0 Å². The number of hydrogen-bond donors (Lipinski definition) is 0. The van der Waals surface area contributed by atoms with Crippen molar-refractivity contribution in [2.24, 2.45) is 0 Å². The fraction of sp³-hybridized carbons (Fsp3) is 0.560. The minimum absolute atomic E-state index is 0.296. The lowest BCUT2D eigenvalue weighted by atomic mass is 10.0. The standard InChI is InChI=1S/C25H36N4O2/c1-5-6-7-8-9-24(30)28-14-16-29(17-15-28)25-23(19(2)26-20(3)27-25)18-21-10-12-22(31-4)13-11-21/h10-13H,5-9,14-18H2,1-4H3. The molecule has 0 saturated carbocycles. The van der Waals surface area contributed by atoms with Gasteiger partial charge in [0, 0.05) is 50.3 Å². The second-order valence-electron chi connectivity index (χ2n) is 8.36. The van der Waals surface area contributed by atoms with Crippen LogP contribution in [0.4, 0.5) is 5.82 Å². The molecule has 0 bridgehead atoms. The largest absolute Gasteiger partial charge is 0.497 e. The average Bonchev–Trinajstić information content (AvgIpc) is 2.79. The Morgan fingerprint density at radius 1 is 1.00 bits per heavy atom. The Morgan fingerprint density at radius 3 is 2.35 bits per heavy atom. The number of unbranched alkanes of at least 4 members (excludes halogenated alkanes) is 3. The Labute approximate surface area is 186 Å². The molecule has 2 heterocycles. The third kappa shape index (κ3) is 6.18. The number of anilines is 1. The number of aryl methyl sites for hydroxylation is 2. The number of piperazine rings is 1. The topological polar surface area (TPSA) is 58.6 Å². The first-order valence-electron chi connectivity index (χ1n) is 11.5. The zero-order valence-corrected chi connectivity index (χ0v) is 19.5. The first kappa shape index (κ1) is 23.0. The number of methoxy groups -OCH3 is 1. The van der Waals surface area contributed by atoms with E-state index in [4.69, 9.17) is 9.72 Å². The van der Waals surface area contributed by atoms with Crippen LogP contribution in [0.25, 0.3) is 0 Å². The lowest BCUT2D eigenvalue weighted by Crippen LogP contribution is -2.49. The second-order valence-corrected chi connectivity index (χ2v) is 8.36. The van der Waals surface area contributed by atoms with Crippen molar-refractivity contribution in [2.75, 3.05) is 38.2 Å². The maximum Gasteiger partial charge on any atom is 0.222 e. The van der Waals surface area contributed by atoms with Crippen molar-refractivity contribution >= 4 is 11.7 Å². The number of amides is 1. The Balaban J connectivity index is 1.67. The van der Waals surface area contributed by atoms with E-state index in [1.165, 1.54) is 18.4 Å². The van der Waals surface area contributed by atoms with Gasteiger partial charge in [0.2, 0.25) is 5.91 Å². The van der Waals surface area contributed by atoms with Gasteiger partial charge in [-0.25, -0.2) is 9.97 Å². The molecule has 6 nitrogen and oxygen atoms in total. The molecular weight excluding hydrogens is 388 g/mol. The van der Waals surface area contributed by atoms with Crippen LogP contribution >= 0.6 is 0 Å². The molecule has 31 heavy (non-hydrogen) atoms. The molecular formula is C25H36N4O2. The van der Waals surface area contributed by atoms with Gasteiger partial charge in [-0.3, -0.25) is 4.79 Å². The summed E-state index contributed by atoms with van der Waals surface area (Å²) < 4.78 is 5.28. The van der Waals surface area contributed by atoms with E-state index in [1.807, 2.05) is 24.0 Å². The molecule has 1 fully saturated rings. The highest BCUT2D eigenvalue weighted by atomic mass is 16.5. The smallest absolute Gasteiger partial charge is 0.222 e. The van der Waals surface area contributed by atoms with Crippen LogP contribution in [-0.4, -0.2) is 54.1 Å². The van der Waals surface area contributed by atoms with Gasteiger partial charge in [-0.15, -0.1) is 0 Å². The van der Waals surface area contributed by atoms with Gasteiger partial charge in [-0.2, -0.15) is 0 Å². The highest BCUT2D eigenvalue weighted by Crippen LogP contribution is 2.26. The Hall–Kier alpha value is -2.63. The van der Waals surface area contributed by atoms with Crippen molar-refractivity contribution < 1.29 is 9.53 Å². The Bertz CT molecular complexity index is 859. The molecule has 0 aliphatic carbocycles. The van der Waals surface area contributed by atoms with Crippen LogP contribution in [0.2, 0.25) is 0 Å². The maximum atomic E-state index is 12.5. The van der Waals surface area contributed by atoms with Gasteiger partial charge >= 0.3 is 0 Å².